The molecule has 2 heteroatoms. The number of benzene rings is 1. The molecule has 0 radical (unpaired) electrons. The SMILES string of the molecule is C/C=C/c1cccc(OCCN)c1.CC.[HH]. The van der Waals surface area contributed by atoms with Crippen LogP contribution in [0.4, 0.5) is 0 Å². The monoisotopic (exact) mass is 209 g/mol. The highest BCUT2D eigenvalue weighted by atomic mass is 16.5. The molecule has 0 bridgehead atoms. The highest BCUT2D eigenvalue weighted by Gasteiger charge is 1.92. The van der Waals surface area contributed by atoms with Gasteiger partial charge in [-0.25, -0.2) is 0 Å². The molecule has 1 aromatic rings. The van der Waals surface area contributed by atoms with Crippen molar-refractivity contribution in [1.82, 2.24) is 0 Å². The van der Waals surface area contributed by atoms with Crippen LogP contribution in [0.15, 0.2) is 30.3 Å². The summed E-state index contributed by atoms with van der Waals surface area (Å²) in [5.41, 5.74) is 6.48. The van der Waals surface area contributed by atoms with E-state index in [-0.39, 0.29) is 1.43 Å². The molecular weight excluding hydrogens is 186 g/mol. The first-order chi connectivity index (χ1) is 7.36. The Hall–Kier alpha value is -1.28. The Balaban J connectivity index is 0. The smallest absolute Gasteiger partial charge is 0.119 e. The maximum absolute atomic E-state index is 5.38. The maximum atomic E-state index is 5.38. The van der Waals surface area contributed by atoms with Crippen LogP contribution < -0.4 is 10.5 Å². The van der Waals surface area contributed by atoms with Crippen molar-refractivity contribution in [2.24, 2.45) is 5.73 Å². The van der Waals surface area contributed by atoms with Crippen LogP contribution in [0.3, 0.4) is 0 Å². The predicted octanol–water partition coefficient (Wildman–Crippen LogP) is 3.33. The maximum Gasteiger partial charge on any atom is 0.119 e. The van der Waals surface area contributed by atoms with E-state index in [1.54, 1.807) is 0 Å². The number of ether oxygens (including phenoxy) is 1. The fraction of sp³-hybridized carbons (Fsp3) is 0.385. The lowest BCUT2D eigenvalue weighted by Gasteiger charge is -2.04. The van der Waals surface area contributed by atoms with Gasteiger partial charge in [0.05, 0.1) is 0 Å². The predicted molar refractivity (Wildman–Crippen MR) is 69.2 cm³/mol. The summed E-state index contributed by atoms with van der Waals surface area (Å²) in [5, 5.41) is 0. The van der Waals surface area contributed by atoms with Crippen molar-refractivity contribution >= 4 is 6.08 Å². The van der Waals surface area contributed by atoms with E-state index in [2.05, 4.69) is 0 Å². The molecule has 0 aliphatic heterocycles. The summed E-state index contributed by atoms with van der Waals surface area (Å²) in [6.45, 7) is 7.11. The summed E-state index contributed by atoms with van der Waals surface area (Å²) in [6, 6.07) is 7.94. The molecule has 0 amide bonds. The van der Waals surface area contributed by atoms with Crippen molar-refractivity contribution in [3.63, 3.8) is 0 Å². The molecule has 1 aromatic carbocycles. The normalized spacial score (nSPS) is 9.60. The number of rotatable bonds is 4. The summed E-state index contributed by atoms with van der Waals surface area (Å²) in [5.74, 6) is 0.876. The van der Waals surface area contributed by atoms with Gasteiger partial charge in [-0.2, -0.15) is 0 Å². The third-order valence-corrected chi connectivity index (χ3v) is 1.60. The summed E-state index contributed by atoms with van der Waals surface area (Å²) in [7, 11) is 0. The molecule has 0 aliphatic rings. The van der Waals surface area contributed by atoms with Gasteiger partial charge in [0, 0.05) is 7.97 Å². The standard InChI is InChI=1S/C11H15NO.C2H6.H2/c1-2-4-10-5-3-6-11(9-10)13-8-7-12;1-2;/h2-6,9H,7-8,12H2,1H3;1-2H3;1H/b4-2+;;. The van der Waals surface area contributed by atoms with Gasteiger partial charge in [-0.3, -0.25) is 0 Å². The first kappa shape index (κ1) is 13.7. The quantitative estimate of drug-likeness (QED) is 0.825. The zero-order valence-electron chi connectivity index (χ0n) is 9.86. The van der Waals surface area contributed by atoms with Crippen LogP contribution in [0.2, 0.25) is 0 Å². The first-order valence-corrected chi connectivity index (χ1v) is 5.42. The van der Waals surface area contributed by atoms with Gasteiger partial charge in [0.1, 0.15) is 12.4 Å². The van der Waals surface area contributed by atoms with Crippen LogP contribution in [-0.4, -0.2) is 13.2 Å². The average molecular weight is 209 g/mol. The minimum atomic E-state index is 0. The second-order valence-corrected chi connectivity index (χ2v) is 2.71. The number of hydrogen-bond acceptors (Lipinski definition) is 2. The van der Waals surface area contributed by atoms with E-state index in [0.29, 0.717) is 13.2 Å². The molecule has 0 spiro atoms. The van der Waals surface area contributed by atoms with E-state index in [4.69, 9.17) is 10.5 Å². The van der Waals surface area contributed by atoms with Crippen LogP contribution in [-0.2, 0) is 0 Å². The third kappa shape index (κ3) is 5.92. The third-order valence-electron chi connectivity index (χ3n) is 1.60. The summed E-state index contributed by atoms with van der Waals surface area (Å²) in [6.07, 6.45) is 4.04. The Morgan fingerprint density at radius 2 is 2.13 bits per heavy atom. The van der Waals surface area contributed by atoms with Crippen molar-refractivity contribution in [1.29, 1.82) is 0 Å². The molecule has 2 N–H and O–H groups in total. The van der Waals surface area contributed by atoms with Gasteiger partial charge in [-0.05, 0) is 24.6 Å². The van der Waals surface area contributed by atoms with Crippen LogP contribution in [0.25, 0.3) is 6.08 Å². The van der Waals surface area contributed by atoms with Crippen LogP contribution in [0.1, 0.15) is 27.8 Å². The van der Waals surface area contributed by atoms with Gasteiger partial charge in [0.25, 0.3) is 0 Å². The Morgan fingerprint density at radius 3 is 2.73 bits per heavy atom. The number of allylic oxidation sites excluding steroid dienone is 1. The Bertz CT molecular complexity index is 287. The molecule has 1 rings (SSSR count). The van der Waals surface area contributed by atoms with Crippen LogP contribution in [0.5, 0.6) is 5.75 Å². The largest absolute Gasteiger partial charge is 0.492 e. The Morgan fingerprint density at radius 1 is 1.40 bits per heavy atom. The van der Waals surface area contributed by atoms with E-state index >= 15 is 0 Å². The van der Waals surface area contributed by atoms with E-state index < -0.39 is 0 Å². The zero-order valence-corrected chi connectivity index (χ0v) is 9.86. The van der Waals surface area contributed by atoms with Crippen molar-refractivity contribution < 1.29 is 6.16 Å². The van der Waals surface area contributed by atoms with Gasteiger partial charge in [0.2, 0.25) is 0 Å². The van der Waals surface area contributed by atoms with E-state index in [1.165, 1.54) is 0 Å². The van der Waals surface area contributed by atoms with Crippen molar-refractivity contribution in [3.05, 3.63) is 35.9 Å². The molecule has 0 heterocycles. The molecule has 86 valence electrons. The molecule has 15 heavy (non-hydrogen) atoms. The van der Waals surface area contributed by atoms with E-state index in [1.807, 2.05) is 57.2 Å². The lowest BCUT2D eigenvalue weighted by molar-refractivity contribution is 0.328. The van der Waals surface area contributed by atoms with Gasteiger partial charge >= 0.3 is 0 Å². The highest BCUT2D eigenvalue weighted by molar-refractivity contribution is 5.51. The average Bonchev–Trinajstić information content (AvgIpc) is 2.30. The molecule has 0 aromatic heterocycles. The molecule has 0 aliphatic carbocycles. The fourth-order valence-electron chi connectivity index (χ4n) is 1.08. The molecule has 0 saturated heterocycles. The van der Waals surface area contributed by atoms with Crippen LogP contribution >= 0.6 is 0 Å². The molecular formula is C13H23NO. The molecule has 0 unspecified atom stereocenters. The van der Waals surface area contributed by atoms with E-state index in [0.717, 1.165) is 11.3 Å². The summed E-state index contributed by atoms with van der Waals surface area (Å²) < 4.78 is 5.38. The molecule has 0 saturated carbocycles. The van der Waals surface area contributed by atoms with Crippen molar-refractivity contribution in [3.8, 4) is 5.75 Å². The highest BCUT2D eigenvalue weighted by Crippen LogP contribution is 2.13. The van der Waals surface area contributed by atoms with Gasteiger partial charge in [-0.15, -0.1) is 0 Å². The number of nitrogens with two attached hydrogens (primary N) is 1. The van der Waals surface area contributed by atoms with Gasteiger partial charge in [-0.1, -0.05) is 38.1 Å². The van der Waals surface area contributed by atoms with Gasteiger partial charge in [0.15, 0.2) is 0 Å². The summed E-state index contributed by atoms with van der Waals surface area (Å²) in [4.78, 5) is 0. The minimum absolute atomic E-state index is 0. The topological polar surface area (TPSA) is 35.2 Å². The van der Waals surface area contributed by atoms with E-state index in [9.17, 15) is 0 Å². The first-order valence-electron chi connectivity index (χ1n) is 5.42. The fourth-order valence-corrected chi connectivity index (χ4v) is 1.08. The number of hydrogen-bond donors (Lipinski definition) is 1. The van der Waals surface area contributed by atoms with Crippen molar-refractivity contribution in [2.75, 3.05) is 13.2 Å². The Kier molecular flexibility index (Phi) is 8.49. The Labute approximate surface area is 94.2 Å². The lowest BCUT2D eigenvalue weighted by Crippen LogP contribution is -2.10. The second-order valence-electron chi connectivity index (χ2n) is 2.71. The lowest BCUT2D eigenvalue weighted by atomic mass is 10.2. The minimum Gasteiger partial charge on any atom is -0.492 e. The van der Waals surface area contributed by atoms with Crippen molar-refractivity contribution in [2.45, 2.75) is 20.8 Å². The molecule has 2 nitrogen and oxygen atoms in total. The van der Waals surface area contributed by atoms with Crippen LogP contribution in [0, 0.1) is 0 Å². The summed E-state index contributed by atoms with van der Waals surface area (Å²) >= 11 is 0. The molecule has 0 fully saturated rings. The zero-order chi connectivity index (χ0) is 11.5. The second kappa shape index (κ2) is 9.28. The van der Waals surface area contributed by atoms with Gasteiger partial charge < -0.3 is 10.5 Å². The molecule has 0 atom stereocenters.